The average molecular weight is 156 g/mol. The predicted octanol–water partition coefficient (Wildman–Crippen LogP) is 0.651. The lowest BCUT2D eigenvalue weighted by atomic mass is 10.3. The van der Waals surface area contributed by atoms with Crippen molar-refractivity contribution in [2.75, 3.05) is 13.1 Å². The van der Waals surface area contributed by atoms with Crippen molar-refractivity contribution in [2.24, 2.45) is 0 Å². The van der Waals surface area contributed by atoms with Crippen LogP contribution in [0.25, 0.3) is 0 Å². The number of nitrogens with one attached hydrogen (secondary N) is 1. The maximum absolute atomic E-state index is 8.86. The van der Waals surface area contributed by atoms with E-state index in [-0.39, 0.29) is 6.10 Å². The van der Waals surface area contributed by atoms with Crippen LogP contribution in [0.4, 0.5) is 0 Å². The topological polar surface area (TPSA) is 56.0 Å². The van der Waals surface area contributed by atoms with Crippen molar-refractivity contribution in [1.82, 2.24) is 5.32 Å². The van der Waals surface area contributed by atoms with Gasteiger partial charge in [-0.15, -0.1) is 0 Å². The Hall–Kier alpha value is -0.590. The van der Waals surface area contributed by atoms with Crippen molar-refractivity contribution < 1.29 is 5.11 Å². The summed E-state index contributed by atoms with van der Waals surface area (Å²) in [6.07, 6.45) is 2.07. The zero-order valence-electron chi connectivity index (χ0n) is 7.01. The molecule has 0 radical (unpaired) electrons. The molecular formula is C8H16N2O. The summed E-state index contributed by atoms with van der Waals surface area (Å²) in [5.41, 5.74) is 0. The normalized spacial score (nSPS) is 12.5. The number of aliphatic hydroxyl groups excluding tert-OH is 1. The Morgan fingerprint density at radius 2 is 2.27 bits per heavy atom. The van der Waals surface area contributed by atoms with Gasteiger partial charge in [-0.2, -0.15) is 5.26 Å². The van der Waals surface area contributed by atoms with E-state index in [1.807, 2.05) is 0 Å². The molecule has 64 valence electrons. The maximum atomic E-state index is 8.86. The molecule has 1 atom stereocenters. The summed E-state index contributed by atoms with van der Waals surface area (Å²) in [6, 6.07) is 2.08. The molecule has 0 heterocycles. The Labute approximate surface area is 68.0 Å². The van der Waals surface area contributed by atoms with Gasteiger partial charge in [0.2, 0.25) is 0 Å². The highest BCUT2D eigenvalue weighted by Gasteiger charge is 1.93. The third-order valence-electron chi connectivity index (χ3n) is 1.38. The number of hydrogen-bond acceptors (Lipinski definition) is 3. The standard InChI is InChI=1S/C8H16N2O/c1-8(11)4-7-10-6-3-2-5-9/h8,10-11H,2-4,6-7H2,1H3. The number of rotatable bonds is 6. The first-order valence-electron chi connectivity index (χ1n) is 4.03. The number of nitrogens with zero attached hydrogens (tertiary/aromatic N) is 1. The van der Waals surface area contributed by atoms with E-state index in [0.717, 1.165) is 25.9 Å². The molecule has 11 heavy (non-hydrogen) atoms. The summed E-state index contributed by atoms with van der Waals surface area (Å²) in [5.74, 6) is 0. The molecule has 0 aliphatic carbocycles. The van der Waals surface area contributed by atoms with Gasteiger partial charge in [0.25, 0.3) is 0 Å². The van der Waals surface area contributed by atoms with E-state index in [2.05, 4.69) is 11.4 Å². The molecule has 0 aromatic heterocycles. The van der Waals surface area contributed by atoms with Gasteiger partial charge >= 0.3 is 0 Å². The van der Waals surface area contributed by atoms with Crippen LogP contribution in [0.1, 0.15) is 26.2 Å². The molecule has 0 saturated heterocycles. The lowest BCUT2D eigenvalue weighted by Crippen LogP contribution is -2.19. The zero-order valence-corrected chi connectivity index (χ0v) is 7.01. The zero-order chi connectivity index (χ0) is 8.53. The van der Waals surface area contributed by atoms with Gasteiger partial charge in [-0.1, -0.05) is 0 Å². The molecule has 0 aromatic carbocycles. The Bertz CT molecular complexity index is 118. The monoisotopic (exact) mass is 156 g/mol. The van der Waals surface area contributed by atoms with Crippen molar-refractivity contribution in [3.8, 4) is 6.07 Å². The van der Waals surface area contributed by atoms with E-state index < -0.39 is 0 Å². The van der Waals surface area contributed by atoms with Crippen LogP contribution < -0.4 is 5.32 Å². The van der Waals surface area contributed by atoms with Crippen LogP contribution in [-0.2, 0) is 0 Å². The summed E-state index contributed by atoms with van der Waals surface area (Å²) >= 11 is 0. The van der Waals surface area contributed by atoms with Gasteiger partial charge in [-0.25, -0.2) is 0 Å². The largest absolute Gasteiger partial charge is 0.393 e. The van der Waals surface area contributed by atoms with E-state index in [9.17, 15) is 0 Å². The fourth-order valence-corrected chi connectivity index (χ4v) is 0.728. The lowest BCUT2D eigenvalue weighted by Gasteiger charge is -2.04. The van der Waals surface area contributed by atoms with Gasteiger partial charge in [0, 0.05) is 6.42 Å². The summed E-state index contributed by atoms with van der Waals surface area (Å²) in [6.45, 7) is 3.49. The molecule has 0 fully saturated rings. The van der Waals surface area contributed by atoms with Gasteiger partial charge in [0.05, 0.1) is 12.2 Å². The molecule has 0 amide bonds. The summed E-state index contributed by atoms with van der Waals surface area (Å²) in [4.78, 5) is 0. The van der Waals surface area contributed by atoms with Gasteiger partial charge in [-0.3, -0.25) is 0 Å². The second kappa shape index (κ2) is 7.52. The molecule has 2 N–H and O–H groups in total. The number of nitriles is 1. The molecule has 3 nitrogen and oxygen atoms in total. The van der Waals surface area contributed by atoms with Crippen LogP contribution in [0, 0.1) is 11.3 Å². The Morgan fingerprint density at radius 3 is 2.82 bits per heavy atom. The minimum atomic E-state index is -0.224. The van der Waals surface area contributed by atoms with E-state index in [0.29, 0.717) is 6.42 Å². The van der Waals surface area contributed by atoms with Crippen LogP contribution in [0.15, 0.2) is 0 Å². The third-order valence-corrected chi connectivity index (χ3v) is 1.38. The van der Waals surface area contributed by atoms with Gasteiger partial charge in [-0.05, 0) is 32.9 Å². The van der Waals surface area contributed by atoms with E-state index in [4.69, 9.17) is 10.4 Å². The smallest absolute Gasteiger partial charge is 0.0622 e. The highest BCUT2D eigenvalue weighted by atomic mass is 16.3. The molecule has 0 bridgehead atoms. The van der Waals surface area contributed by atoms with Crippen molar-refractivity contribution >= 4 is 0 Å². The summed E-state index contributed by atoms with van der Waals surface area (Å²) in [7, 11) is 0. The molecule has 0 rings (SSSR count). The van der Waals surface area contributed by atoms with Crippen molar-refractivity contribution in [3.63, 3.8) is 0 Å². The quantitative estimate of drug-likeness (QED) is 0.555. The highest BCUT2D eigenvalue weighted by Crippen LogP contribution is 1.87. The van der Waals surface area contributed by atoms with Gasteiger partial charge in [0.1, 0.15) is 0 Å². The first-order valence-corrected chi connectivity index (χ1v) is 4.03. The van der Waals surface area contributed by atoms with E-state index >= 15 is 0 Å². The molecule has 0 spiro atoms. The molecule has 0 aromatic rings. The molecule has 0 saturated carbocycles. The SMILES string of the molecule is CC(O)CCNCCCC#N. The fourth-order valence-electron chi connectivity index (χ4n) is 0.728. The highest BCUT2D eigenvalue weighted by molar-refractivity contribution is 4.68. The van der Waals surface area contributed by atoms with Crippen LogP contribution in [0.3, 0.4) is 0 Å². The fraction of sp³-hybridized carbons (Fsp3) is 0.875. The second-order valence-electron chi connectivity index (χ2n) is 2.65. The van der Waals surface area contributed by atoms with Crippen LogP contribution >= 0.6 is 0 Å². The lowest BCUT2D eigenvalue weighted by molar-refractivity contribution is 0.184. The van der Waals surface area contributed by atoms with Crippen molar-refractivity contribution in [1.29, 1.82) is 5.26 Å². The Kier molecular flexibility index (Phi) is 7.11. The minimum Gasteiger partial charge on any atom is -0.393 e. The number of aliphatic hydroxyl groups is 1. The van der Waals surface area contributed by atoms with Crippen molar-refractivity contribution in [3.05, 3.63) is 0 Å². The van der Waals surface area contributed by atoms with E-state index in [1.165, 1.54) is 0 Å². The molecule has 3 heteroatoms. The van der Waals surface area contributed by atoms with E-state index in [1.54, 1.807) is 6.92 Å². The molecule has 0 aliphatic rings. The maximum Gasteiger partial charge on any atom is 0.0622 e. The second-order valence-corrected chi connectivity index (χ2v) is 2.65. The first-order chi connectivity index (χ1) is 5.27. The van der Waals surface area contributed by atoms with Crippen molar-refractivity contribution in [2.45, 2.75) is 32.3 Å². The molecule has 1 unspecified atom stereocenters. The number of unbranched alkanes of at least 4 members (excludes halogenated alkanes) is 1. The first kappa shape index (κ1) is 10.4. The molecule has 0 aliphatic heterocycles. The Morgan fingerprint density at radius 1 is 1.55 bits per heavy atom. The number of hydrogen-bond donors (Lipinski definition) is 2. The Balaban J connectivity index is 2.86. The average Bonchev–Trinajstić information content (AvgIpc) is 1.96. The minimum absolute atomic E-state index is 0.224. The van der Waals surface area contributed by atoms with Crippen LogP contribution in [0.2, 0.25) is 0 Å². The summed E-state index contributed by atoms with van der Waals surface area (Å²) in [5, 5.41) is 20.2. The van der Waals surface area contributed by atoms with Gasteiger partial charge in [0.15, 0.2) is 0 Å². The summed E-state index contributed by atoms with van der Waals surface area (Å²) < 4.78 is 0. The van der Waals surface area contributed by atoms with Crippen LogP contribution in [0.5, 0.6) is 0 Å². The predicted molar refractivity (Wildman–Crippen MR) is 44.0 cm³/mol. The molecular weight excluding hydrogens is 140 g/mol. The van der Waals surface area contributed by atoms with Gasteiger partial charge < -0.3 is 10.4 Å². The van der Waals surface area contributed by atoms with Crippen LogP contribution in [-0.4, -0.2) is 24.3 Å². The third kappa shape index (κ3) is 9.41.